The zero-order chi connectivity index (χ0) is 23.4. The summed E-state index contributed by atoms with van der Waals surface area (Å²) >= 11 is -0.996. The molecule has 1 aromatic heterocycles. The van der Waals surface area contributed by atoms with Gasteiger partial charge in [0.25, 0.3) is 0 Å². The molecule has 2 fully saturated rings. The molecule has 9 heteroatoms. The van der Waals surface area contributed by atoms with Gasteiger partial charge >= 0.3 is 5.56 Å². The summed E-state index contributed by atoms with van der Waals surface area (Å²) in [5.74, 6) is 0.355. The summed E-state index contributed by atoms with van der Waals surface area (Å²) in [4.78, 5) is 15.7. The lowest BCUT2D eigenvalue weighted by Crippen LogP contribution is -2.50. The zero-order valence-electron chi connectivity index (χ0n) is 19.7. The largest absolute Gasteiger partial charge is 0.598 e. The van der Waals surface area contributed by atoms with E-state index in [-0.39, 0.29) is 23.0 Å². The summed E-state index contributed by atoms with van der Waals surface area (Å²) in [5.41, 5.74) is 1.18. The quantitative estimate of drug-likeness (QED) is 0.571. The van der Waals surface area contributed by atoms with E-state index in [9.17, 15) is 9.35 Å². The first kappa shape index (κ1) is 24.1. The third-order valence-electron chi connectivity index (χ3n) is 6.39. The van der Waals surface area contributed by atoms with Gasteiger partial charge in [0.1, 0.15) is 10.9 Å². The number of para-hydroxylation sites is 1. The molecule has 8 nitrogen and oxygen atoms in total. The van der Waals surface area contributed by atoms with Crippen LogP contribution >= 0.6 is 0 Å². The van der Waals surface area contributed by atoms with Gasteiger partial charge < -0.3 is 18.9 Å². The SMILES string of the molecule is COC1CCC(Oc2c(N3CCN([S+]([O-])C(C)C)CC3)cnn(-c3ccccc3)c2=O)CC1. The number of hydrogen-bond acceptors (Lipinski definition) is 7. The minimum absolute atomic E-state index is 0.0239. The lowest BCUT2D eigenvalue weighted by molar-refractivity contribution is 0.0323. The standard InChI is InChI=1S/C24H34N4O4S/c1-18(2)33(30)27-15-13-26(14-16-27)22-17-25-28(19-7-5-4-6-8-19)24(29)23(22)32-21-11-9-20(31-3)10-12-21/h4-8,17-18,20-21H,9-16H2,1-3H3. The van der Waals surface area contributed by atoms with Gasteiger partial charge in [0.05, 0.1) is 37.2 Å². The van der Waals surface area contributed by atoms with Gasteiger partial charge in [-0.2, -0.15) is 9.78 Å². The first-order valence-corrected chi connectivity index (χ1v) is 12.9. The van der Waals surface area contributed by atoms with E-state index in [1.165, 1.54) is 4.68 Å². The van der Waals surface area contributed by atoms with Crippen molar-refractivity contribution >= 4 is 17.0 Å². The third kappa shape index (κ3) is 5.54. The van der Waals surface area contributed by atoms with Gasteiger partial charge in [-0.3, -0.25) is 4.79 Å². The lowest BCUT2D eigenvalue weighted by atomic mass is 9.95. The zero-order valence-corrected chi connectivity index (χ0v) is 20.5. The van der Waals surface area contributed by atoms with Crippen molar-refractivity contribution in [2.45, 2.75) is 57.0 Å². The molecule has 2 heterocycles. The van der Waals surface area contributed by atoms with Gasteiger partial charge in [-0.1, -0.05) is 18.2 Å². The Labute approximate surface area is 198 Å². The van der Waals surface area contributed by atoms with Crippen molar-refractivity contribution in [1.82, 2.24) is 14.1 Å². The van der Waals surface area contributed by atoms with Gasteiger partial charge in [-0.05, 0) is 51.7 Å². The molecule has 1 atom stereocenters. The number of nitrogens with zero attached hydrogens (tertiary/aromatic N) is 4. The fourth-order valence-electron chi connectivity index (χ4n) is 4.48. The van der Waals surface area contributed by atoms with Gasteiger partial charge in [0, 0.05) is 31.6 Å². The highest BCUT2D eigenvalue weighted by Crippen LogP contribution is 2.30. The second kappa shape index (κ2) is 10.9. The van der Waals surface area contributed by atoms with Crippen LogP contribution < -0.4 is 15.2 Å². The molecule has 0 bridgehead atoms. The minimum atomic E-state index is -0.996. The first-order valence-electron chi connectivity index (χ1n) is 11.8. The molecule has 1 saturated heterocycles. The highest BCUT2D eigenvalue weighted by Gasteiger charge is 2.31. The van der Waals surface area contributed by atoms with E-state index in [1.807, 2.05) is 48.5 Å². The van der Waals surface area contributed by atoms with Gasteiger partial charge in [-0.15, -0.1) is 4.31 Å². The fraction of sp³-hybridized carbons (Fsp3) is 0.583. The molecule has 2 aromatic rings. The average molecular weight is 475 g/mol. The second-order valence-electron chi connectivity index (χ2n) is 8.90. The molecule has 1 unspecified atom stereocenters. The van der Waals surface area contributed by atoms with E-state index < -0.39 is 11.4 Å². The number of ether oxygens (including phenoxy) is 2. The number of piperazine rings is 1. The lowest BCUT2D eigenvalue weighted by Gasteiger charge is -2.37. The van der Waals surface area contributed by atoms with E-state index in [0.717, 1.165) is 31.4 Å². The predicted molar refractivity (Wildman–Crippen MR) is 131 cm³/mol. The van der Waals surface area contributed by atoms with E-state index in [4.69, 9.17) is 9.47 Å². The molecule has 1 aliphatic heterocycles. The molecule has 2 aliphatic rings. The summed E-state index contributed by atoms with van der Waals surface area (Å²) in [5, 5.41) is 4.57. The van der Waals surface area contributed by atoms with Gasteiger partial charge in [0.15, 0.2) is 0 Å². The minimum Gasteiger partial charge on any atom is -0.598 e. The van der Waals surface area contributed by atoms with Crippen LogP contribution in [0.5, 0.6) is 5.75 Å². The topological polar surface area (TPSA) is 82.9 Å². The van der Waals surface area contributed by atoms with Crippen molar-refractivity contribution in [2.24, 2.45) is 0 Å². The maximum Gasteiger partial charge on any atom is 0.316 e. The monoisotopic (exact) mass is 474 g/mol. The first-order chi connectivity index (χ1) is 16.0. The van der Waals surface area contributed by atoms with Crippen LogP contribution in [0.2, 0.25) is 0 Å². The molecular weight excluding hydrogens is 440 g/mol. The molecule has 0 spiro atoms. The Morgan fingerprint density at radius 2 is 1.67 bits per heavy atom. The van der Waals surface area contributed by atoms with E-state index >= 15 is 0 Å². The average Bonchev–Trinajstić information content (AvgIpc) is 2.86. The number of methoxy groups -OCH3 is 1. The number of benzene rings is 1. The van der Waals surface area contributed by atoms with Crippen molar-refractivity contribution in [1.29, 1.82) is 0 Å². The molecule has 180 valence electrons. The van der Waals surface area contributed by atoms with E-state index in [2.05, 4.69) is 10.00 Å². The van der Waals surface area contributed by atoms with Crippen LogP contribution in [0.4, 0.5) is 5.69 Å². The second-order valence-corrected chi connectivity index (χ2v) is 10.9. The smallest absolute Gasteiger partial charge is 0.316 e. The van der Waals surface area contributed by atoms with Crippen molar-refractivity contribution in [3.63, 3.8) is 0 Å². The molecule has 4 rings (SSSR count). The Morgan fingerprint density at radius 3 is 2.27 bits per heavy atom. The summed E-state index contributed by atoms with van der Waals surface area (Å²) < 4.78 is 27.8. The van der Waals surface area contributed by atoms with Gasteiger partial charge in [0.2, 0.25) is 5.75 Å². The highest BCUT2D eigenvalue weighted by molar-refractivity contribution is 7.89. The number of aromatic nitrogens is 2. The number of anilines is 1. The molecular formula is C24H34N4O4S. The third-order valence-corrected chi connectivity index (χ3v) is 8.07. The van der Waals surface area contributed by atoms with Crippen molar-refractivity contribution in [3.8, 4) is 11.4 Å². The summed E-state index contributed by atoms with van der Waals surface area (Å²) in [6.07, 6.45) is 5.53. The van der Waals surface area contributed by atoms with Crippen molar-refractivity contribution < 1.29 is 14.0 Å². The van der Waals surface area contributed by atoms with Crippen LogP contribution in [0.3, 0.4) is 0 Å². The van der Waals surface area contributed by atoms with Gasteiger partial charge in [-0.25, -0.2) is 0 Å². The summed E-state index contributed by atoms with van der Waals surface area (Å²) in [6, 6.07) is 9.41. The maximum atomic E-state index is 13.6. The highest BCUT2D eigenvalue weighted by atomic mass is 32.2. The summed E-state index contributed by atoms with van der Waals surface area (Å²) in [6.45, 7) is 6.62. The molecule has 1 saturated carbocycles. The number of hydrogen-bond donors (Lipinski definition) is 0. The molecule has 33 heavy (non-hydrogen) atoms. The predicted octanol–water partition coefficient (Wildman–Crippen LogP) is 2.76. The molecule has 0 radical (unpaired) electrons. The number of rotatable bonds is 7. The summed E-state index contributed by atoms with van der Waals surface area (Å²) in [7, 11) is 1.75. The molecule has 0 N–H and O–H groups in total. The van der Waals surface area contributed by atoms with Crippen LogP contribution in [0.1, 0.15) is 39.5 Å². The van der Waals surface area contributed by atoms with Crippen LogP contribution in [0.25, 0.3) is 5.69 Å². The van der Waals surface area contributed by atoms with E-state index in [0.29, 0.717) is 37.6 Å². The Morgan fingerprint density at radius 1 is 1.03 bits per heavy atom. The van der Waals surface area contributed by atoms with Crippen LogP contribution in [-0.2, 0) is 16.1 Å². The Bertz CT molecular complexity index is 955. The Hall–Kier alpha value is -2.07. The molecule has 1 aliphatic carbocycles. The van der Waals surface area contributed by atoms with Crippen molar-refractivity contribution in [3.05, 3.63) is 46.9 Å². The van der Waals surface area contributed by atoms with Crippen LogP contribution in [0, 0.1) is 0 Å². The van der Waals surface area contributed by atoms with Crippen LogP contribution in [-0.4, -0.2) is 69.4 Å². The van der Waals surface area contributed by atoms with Crippen LogP contribution in [0.15, 0.2) is 41.3 Å². The fourth-order valence-corrected chi connectivity index (χ4v) is 5.60. The normalized spacial score (nSPS) is 23.0. The van der Waals surface area contributed by atoms with Crippen molar-refractivity contribution in [2.75, 3.05) is 38.2 Å². The molecule has 1 aromatic carbocycles. The van der Waals surface area contributed by atoms with E-state index in [1.54, 1.807) is 13.3 Å². The maximum absolute atomic E-state index is 13.6. The molecule has 0 amide bonds. The Balaban J connectivity index is 1.60. The Kier molecular flexibility index (Phi) is 7.95.